The van der Waals surface area contributed by atoms with Crippen molar-refractivity contribution < 1.29 is 34.8 Å². The van der Waals surface area contributed by atoms with Crippen molar-refractivity contribution >= 4 is 11.9 Å². The van der Waals surface area contributed by atoms with Crippen LogP contribution in [0, 0.1) is 28.6 Å². The largest absolute Gasteiger partial charge is 0.481 e. The number of hydrogen-bond acceptors (Lipinski definition) is 6. The number of carbonyl (C=O) groups is 2. The first-order chi connectivity index (χ1) is 14.3. The molecule has 0 amide bonds. The molecule has 0 spiro atoms. The molecule has 2 rings (SSSR count). The standard InChI is InChI=1S/C24H42O7/c1-15(10-13-31-20(28)7-6-19(26)27)8-11-22(3)16(2)9-12-23(4)18(22)14-17(25)21(29)24(23,5)30/h15-18,21,25,29-30H,6-14H2,1-5H3,(H,26,27)/t15-,16+,17+,18-,21+,22+,23+,24-/m1/s1. The Morgan fingerprint density at radius 1 is 1.13 bits per heavy atom. The minimum Gasteiger partial charge on any atom is -0.481 e. The number of aliphatic carboxylic acids is 1. The van der Waals surface area contributed by atoms with Crippen molar-refractivity contribution in [3.05, 3.63) is 0 Å². The molecule has 0 heterocycles. The second-order valence-electron chi connectivity index (χ2n) is 10.9. The summed E-state index contributed by atoms with van der Waals surface area (Å²) in [6, 6.07) is 0. The highest BCUT2D eigenvalue weighted by molar-refractivity contribution is 5.76. The Bertz CT molecular complexity index is 648. The van der Waals surface area contributed by atoms with Crippen molar-refractivity contribution in [1.29, 1.82) is 0 Å². The maximum atomic E-state index is 11.6. The molecular formula is C24H42O7. The monoisotopic (exact) mass is 442 g/mol. The maximum absolute atomic E-state index is 11.6. The van der Waals surface area contributed by atoms with Crippen LogP contribution in [0.15, 0.2) is 0 Å². The van der Waals surface area contributed by atoms with Gasteiger partial charge in [0.1, 0.15) is 6.10 Å². The van der Waals surface area contributed by atoms with E-state index in [1.54, 1.807) is 6.92 Å². The van der Waals surface area contributed by atoms with E-state index in [4.69, 9.17) is 9.84 Å². The number of hydrogen-bond donors (Lipinski definition) is 4. The summed E-state index contributed by atoms with van der Waals surface area (Å²) in [6.07, 6.45) is 2.48. The molecule has 31 heavy (non-hydrogen) atoms. The highest BCUT2D eigenvalue weighted by Crippen LogP contribution is 2.64. The number of aliphatic hydroxyl groups is 3. The summed E-state index contributed by atoms with van der Waals surface area (Å²) >= 11 is 0. The van der Waals surface area contributed by atoms with Crippen LogP contribution in [0.25, 0.3) is 0 Å². The van der Waals surface area contributed by atoms with E-state index in [2.05, 4.69) is 27.7 Å². The van der Waals surface area contributed by atoms with Gasteiger partial charge in [0, 0.05) is 5.41 Å². The normalized spacial score (nSPS) is 41.3. The zero-order chi connectivity index (χ0) is 23.6. The molecule has 7 heteroatoms. The van der Waals surface area contributed by atoms with Gasteiger partial charge in [0.25, 0.3) is 0 Å². The molecule has 180 valence electrons. The number of carboxylic acid groups (broad SMARTS) is 1. The van der Waals surface area contributed by atoms with Crippen LogP contribution in [0.3, 0.4) is 0 Å². The first kappa shape index (κ1) is 26.1. The molecule has 0 radical (unpaired) electrons. The van der Waals surface area contributed by atoms with Gasteiger partial charge in [0.2, 0.25) is 0 Å². The summed E-state index contributed by atoms with van der Waals surface area (Å²) in [7, 11) is 0. The van der Waals surface area contributed by atoms with Gasteiger partial charge in [-0.3, -0.25) is 9.59 Å². The third-order valence-electron chi connectivity index (χ3n) is 8.95. The molecule has 8 atom stereocenters. The van der Waals surface area contributed by atoms with E-state index in [0.717, 1.165) is 25.7 Å². The molecule has 7 nitrogen and oxygen atoms in total. The highest BCUT2D eigenvalue weighted by Gasteiger charge is 2.64. The van der Waals surface area contributed by atoms with E-state index >= 15 is 0 Å². The topological polar surface area (TPSA) is 124 Å². The smallest absolute Gasteiger partial charge is 0.306 e. The van der Waals surface area contributed by atoms with Crippen LogP contribution < -0.4 is 0 Å². The first-order valence-electron chi connectivity index (χ1n) is 11.7. The molecular weight excluding hydrogens is 400 g/mol. The Labute approximate surface area is 186 Å². The van der Waals surface area contributed by atoms with Crippen molar-refractivity contribution in [1.82, 2.24) is 0 Å². The Kier molecular flexibility index (Phi) is 8.20. The molecule has 0 aliphatic heterocycles. The fourth-order valence-electron chi connectivity index (χ4n) is 6.09. The maximum Gasteiger partial charge on any atom is 0.306 e. The molecule has 2 aliphatic carbocycles. The molecule has 4 N–H and O–H groups in total. The molecule has 0 bridgehead atoms. The second kappa shape index (κ2) is 9.75. The number of rotatable bonds is 9. The summed E-state index contributed by atoms with van der Waals surface area (Å²) < 4.78 is 5.16. The fraction of sp³-hybridized carbons (Fsp3) is 0.917. The summed E-state index contributed by atoms with van der Waals surface area (Å²) in [4.78, 5) is 22.1. The van der Waals surface area contributed by atoms with Crippen molar-refractivity contribution in [2.24, 2.45) is 28.6 Å². The molecule has 2 aliphatic rings. The van der Waals surface area contributed by atoms with Crippen LogP contribution in [0.4, 0.5) is 0 Å². The van der Waals surface area contributed by atoms with E-state index < -0.39 is 35.2 Å². The fourth-order valence-corrected chi connectivity index (χ4v) is 6.09. The van der Waals surface area contributed by atoms with E-state index in [9.17, 15) is 24.9 Å². The van der Waals surface area contributed by atoms with Gasteiger partial charge in [0.05, 0.1) is 31.2 Å². The average molecular weight is 443 g/mol. The second-order valence-corrected chi connectivity index (χ2v) is 10.9. The summed E-state index contributed by atoms with van der Waals surface area (Å²) in [5.74, 6) is -0.631. The van der Waals surface area contributed by atoms with Crippen LogP contribution in [0.2, 0.25) is 0 Å². The SMILES string of the molecule is C[C@@H](CCOC(=O)CCC(=O)O)CC[C@]1(C)[C@H]2C[C@H](O)[C@H](O)[C@@](C)(O)[C@@]2(C)CC[C@@H]1C. The van der Waals surface area contributed by atoms with Gasteiger partial charge in [-0.15, -0.1) is 0 Å². The molecule has 0 aromatic carbocycles. The quantitative estimate of drug-likeness (QED) is 0.404. The van der Waals surface area contributed by atoms with Crippen molar-refractivity contribution in [2.45, 2.75) is 104 Å². The third-order valence-corrected chi connectivity index (χ3v) is 8.95. The molecule has 0 aromatic rings. The van der Waals surface area contributed by atoms with Crippen LogP contribution >= 0.6 is 0 Å². The van der Waals surface area contributed by atoms with Crippen molar-refractivity contribution in [3.63, 3.8) is 0 Å². The number of esters is 1. The Balaban J connectivity index is 1.98. The number of carbonyl (C=O) groups excluding carboxylic acids is 1. The zero-order valence-corrected chi connectivity index (χ0v) is 19.8. The first-order valence-corrected chi connectivity index (χ1v) is 11.7. The van der Waals surface area contributed by atoms with Gasteiger partial charge in [0.15, 0.2) is 0 Å². The lowest BCUT2D eigenvalue weighted by atomic mass is 9.42. The Morgan fingerprint density at radius 3 is 2.39 bits per heavy atom. The third kappa shape index (κ3) is 5.25. The van der Waals surface area contributed by atoms with Crippen LogP contribution in [-0.4, -0.2) is 56.8 Å². The minimum atomic E-state index is -1.34. The average Bonchev–Trinajstić information content (AvgIpc) is 2.69. The van der Waals surface area contributed by atoms with Gasteiger partial charge in [-0.25, -0.2) is 0 Å². The van der Waals surface area contributed by atoms with Gasteiger partial charge < -0.3 is 25.2 Å². The van der Waals surface area contributed by atoms with Crippen LogP contribution in [0.1, 0.15) is 86.0 Å². The van der Waals surface area contributed by atoms with Gasteiger partial charge in [-0.2, -0.15) is 0 Å². The highest BCUT2D eigenvalue weighted by atomic mass is 16.5. The number of fused-ring (bicyclic) bond motifs is 1. The number of aliphatic hydroxyl groups excluding tert-OH is 2. The molecule has 2 saturated carbocycles. The summed E-state index contributed by atoms with van der Waals surface area (Å²) in [5.41, 5.74) is -1.88. The lowest BCUT2D eigenvalue weighted by Crippen LogP contribution is -2.68. The predicted octanol–water partition coefficient (Wildman–Crippen LogP) is 3.14. The Morgan fingerprint density at radius 2 is 1.77 bits per heavy atom. The van der Waals surface area contributed by atoms with E-state index in [0.29, 0.717) is 24.7 Å². The number of ether oxygens (including phenoxy) is 1. The van der Waals surface area contributed by atoms with E-state index in [-0.39, 0.29) is 30.8 Å². The van der Waals surface area contributed by atoms with Crippen LogP contribution in [-0.2, 0) is 14.3 Å². The van der Waals surface area contributed by atoms with Gasteiger partial charge in [-0.1, -0.05) is 34.1 Å². The predicted molar refractivity (Wildman–Crippen MR) is 116 cm³/mol. The molecule has 2 fully saturated rings. The lowest BCUT2D eigenvalue weighted by Gasteiger charge is -2.64. The molecule has 0 unspecified atom stereocenters. The van der Waals surface area contributed by atoms with Crippen molar-refractivity contribution in [2.75, 3.05) is 6.61 Å². The molecule has 0 aromatic heterocycles. The summed E-state index contributed by atoms with van der Waals surface area (Å²) in [6.45, 7) is 10.7. The number of carboxylic acids is 1. The zero-order valence-electron chi connectivity index (χ0n) is 19.8. The van der Waals surface area contributed by atoms with Crippen LogP contribution in [0.5, 0.6) is 0 Å². The van der Waals surface area contributed by atoms with Crippen molar-refractivity contribution in [3.8, 4) is 0 Å². The summed E-state index contributed by atoms with van der Waals surface area (Å²) in [5, 5.41) is 40.9. The van der Waals surface area contributed by atoms with Gasteiger partial charge in [-0.05, 0) is 62.2 Å². The molecule has 0 saturated heterocycles. The van der Waals surface area contributed by atoms with E-state index in [1.807, 2.05) is 0 Å². The lowest BCUT2D eigenvalue weighted by molar-refractivity contribution is -0.264. The van der Waals surface area contributed by atoms with E-state index in [1.165, 1.54) is 0 Å². The van der Waals surface area contributed by atoms with Gasteiger partial charge >= 0.3 is 11.9 Å². The minimum absolute atomic E-state index is 0.0788. The Hall–Kier alpha value is -1.18.